The summed E-state index contributed by atoms with van der Waals surface area (Å²) in [5, 5.41) is 2.21. The van der Waals surface area contributed by atoms with Crippen molar-refractivity contribution >= 4 is 33.9 Å². The zero-order valence-corrected chi connectivity index (χ0v) is 13.2. The molecule has 0 bridgehead atoms. The Labute approximate surface area is 126 Å². The molecule has 1 fully saturated rings. The van der Waals surface area contributed by atoms with Crippen molar-refractivity contribution in [1.29, 1.82) is 0 Å². The number of imidazole rings is 1. The summed E-state index contributed by atoms with van der Waals surface area (Å²) in [7, 11) is 0. The van der Waals surface area contributed by atoms with Crippen LogP contribution in [0.25, 0.3) is 0 Å². The van der Waals surface area contributed by atoms with Crippen LogP contribution < -0.4 is 0 Å². The molecular weight excluding hydrogens is 355 g/mol. The molecule has 1 atom stereocenters. The fraction of sp³-hybridized carbons (Fsp3) is 0.500. The molecule has 2 heterocycles. The van der Waals surface area contributed by atoms with E-state index in [-0.39, 0.29) is 0 Å². The van der Waals surface area contributed by atoms with Crippen molar-refractivity contribution in [3.8, 4) is 0 Å². The van der Waals surface area contributed by atoms with Crippen LogP contribution in [0.1, 0.15) is 43.0 Å². The molecule has 0 aromatic carbocycles. The summed E-state index contributed by atoms with van der Waals surface area (Å²) in [5.41, 5.74) is 0. The van der Waals surface area contributed by atoms with E-state index >= 15 is 0 Å². The normalized spacial score (nSPS) is 18.9. The second-order valence-electron chi connectivity index (χ2n) is 4.99. The average molecular weight is 372 g/mol. The summed E-state index contributed by atoms with van der Waals surface area (Å²) in [4.78, 5) is 5.76. The lowest BCUT2D eigenvalue weighted by molar-refractivity contribution is 0.281. The van der Waals surface area contributed by atoms with Gasteiger partial charge in [-0.2, -0.15) is 0 Å². The zero-order chi connectivity index (χ0) is 12.4. The van der Waals surface area contributed by atoms with Gasteiger partial charge in [-0.15, -0.1) is 11.3 Å². The Hall–Kier alpha value is -0.360. The molecule has 1 aliphatic carbocycles. The molecule has 0 aliphatic heterocycles. The van der Waals surface area contributed by atoms with E-state index in [4.69, 9.17) is 0 Å². The fourth-order valence-corrected chi connectivity index (χ4v) is 5.10. The van der Waals surface area contributed by atoms with Crippen LogP contribution in [-0.2, 0) is 0 Å². The van der Waals surface area contributed by atoms with Gasteiger partial charge in [-0.05, 0) is 52.8 Å². The Morgan fingerprint density at radius 2 is 2.17 bits per heavy atom. The van der Waals surface area contributed by atoms with E-state index in [2.05, 4.69) is 49.8 Å². The zero-order valence-electron chi connectivity index (χ0n) is 10.3. The molecule has 4 heteroatoms. The molecule has 3 rings (SSSR count). The van der Waals surface area contributed by atoms with Crippen molar-refractivity contribution in [2.24, 2.45) is 5.92 Å². The highest BCUT2D eigenvalue weighted by Gasteiger charge is 2.28. The lowest BCUT2D eigenvalue weighted by Crippen LogP contribution is -2.22. The number of nitrogens with zero attached hydrogens (tertiary/aromatic N) is 2. The molecule has 18 heavy (non-hydrogen) atoms. The number of halogens is 1. The van der Waals surface area contributed by atoms with Gasteiger partial charge in [0.25, 0.3) is 0 Å². The minimum atomic E-state index is 0.500. The van der Waals surface area contributed by atoms with Gasteiger partial charge in [-0.3, -0.25) is 0 Å². The minimum absolute atomic E-state index is 0.500. The van der Waals surface area contributed by atoms with Crippen LogP contribution >= 0.6 is 33.9 Å². The molecule has 1 aliphatic rings. The summed E-state index contributed by atoms with van der Waals surface area (Å²) in [6.45, 7) is 0. The molecule has 1 unspecified atom stereocenters. The Morgan fingerprint density at radius 1 is 1.33 bits per heavy atom. The van der Waals surface area contributed by atoms with Crippen molar-refractivity contribution < 1.29 is 0 Å². The van der Waals surface area contributed by atoms with Gasteiger partial charge in [-0.25, -0.2) is 4.98 Å². The van der Waals surface area contributed by atoms with E-state index < -0.39 is 0 Å². The number of hydrogen-bond donors (Lipinski definition) is 0. The highest BCUT2D eigenvalue weighted by Crippen LogP contribution is 2.40. The number of hydrogen-bond acceptors (Lipinski definition) is 2. The lowest BCUT2D eigenvalue weighted by Gasteiger charge is -2.31. The third kappa shape index (κ3) is 2.50. The predicted molar refractivity (Wildman–Crippen MR) is 84.0 cm³/mol. The monoisotopic (exact) mass is 372 g/mol. The molecule has 2 aromatic heterocycles. The van der Waals surface area contributed by atoms with Crippen LogP contribution in [0.2, 0.25) is 0 Å². The highest BCUT2D eigenvalue weighted by atomic mass is 127. The number of rotatable bonds is 3. The van der Waals surface area contributed by atoms with Gasteiger partial charge in [0, 0.05) is 20.8 Å². The first-order valence-electron chi connectivity index (χ1n) is 6.56. The molecule has 0 radical (unpaired) electrons. The van der Waals surface area contributed by atoms with Crippen LogP contribution in [-0.4, -0.2) is 9.55 Å². The van der Waals surface area contributed by atoms with Crippen molar-refractivity contribution in [1.82, 2.24) is 9.55 Å². The third-order valence-electron chi connectivity index (χ3n) is 3.86. The number of thiophene rings is 1. The van der Waals surface area contributed by atoms with Crippen LogP contribution in [0.5, 0.6) is 0 Å². The fourth-order valence-electron chi connectivity index (χ4n) is 2.99. The quantitative estimate of drug-likeness (QED) is 0.713. The molecule has 96 valence electrons. The summed E-state index contributed by atoms with van der Waals surface area (Å²) in [6, 6.07) is 2.73. The topological polar surface area (TPSA) is 17.8 Å². The molecule has 2 aromatic rings. The van der Waals surface area contributed by atoms with Gasteiger partial charge >= 0.3 is 0 Å². The first kappa shape index (κ1) is 12.7. The molecular formula is C14H17IN2S. The smallest absolute Gasteiger partial charge is 0.0952 e. The Bertz CT molecular complexity index is 486. The third-order valence-corrected chi connectivity index (χ3v) is 6.15. The molecule has 1 saturated carbocycles. The van der Waals surface area contributed by atoms with Gasteiger partial charge < -0.3 is 4.57 Å². The summed E-state index contributed by atoms with van der Waals surface area (Å²) in [5.74, 6) is 0.778. The van der Waals surface area contributed by atoms with Crippen LogP contribution in [0, 0.1) is 9.49 Å². The molecule has 2 nitrogen and oxygen atoms in total. The summed E-state index contributed by atoms with van der Waals surface area (Å²) < 4.78 is 3.71. The van der Waals surface area contributed by atoms with Crippen molar-refractivity contribution in [2.75, 3.05) is 0 Å². The maximum Gasteiger partial charge on any atom is 0.0952 e. The number of aromatic nitrogens is 2. The van der Waals surface area contributed by atoms with Gasteiger partial charge in [0.2, 0.25) is 0 Å². The highest BCUT2D eigenvalue weighted by molar-refractivity contribution is 14.1. The van der Waals surface area contributed by atoms with E-state index in [1.807, 2.05) is 23.9 Å². The van der Waals surface area contributed by atoms with Gasteiger partial charge in [0.15, 0.2) is 0 Å². The van der Waals surface area contributed by atoms with E-state index in [0.717, 1.165) is 5.92 Å². The van der Waals surface area contributed by atoms with E-state index in [9.17, 15) is 0 Å². The van der Waals surface area contributed by atoms with Crippen LogP contribution in [0.15, 0.2) is 30.2 Å². The summed E-state index contributed by atoms with van der Waals surface area (Å²) >= 11 is 4.36. The predicted octanol–water partition coefficient (Wildman–Crippen LogP) is 4.72. The first-order chi connectivity index (χ1) is 8.86. The first-order valence-corrected chi connectivity index (χ1v) is 8.52. The lowest BCUT2D eigenvalue weighted by atomic mass is 9.83. The summed E-state index contributed by atoms with van der Waals surface area (Å²) in [6.07, 6.45) is 12.9. The maximum absolute atomic E-state index is 4.24. The second kappa shape index (κ2) is 5.74. The van der Waals surface area contributed by atoms with Crippen LogP contribution in [0.4, 0.5) is 0 Å². The SMILES string of the molecule is Ic1ccsc1C(C1CCCCC1)n1ccnc1. The largest absolute Gasteiger partial charge is 0.329 e. The Kier molecular flexibility index (Phi) is 4.03. The Morgan fingerprint density at radius 3 is 2.78 bits per heavy atom. The van der Waals surface area contributed by atoms with Crippen LogP contribution in [0.3, 0.4) is 0 Å². The minimum Gasteiger partial charge on any atom is -0.329 e. The molecule has 0 N–H and O–H groups in total. The average Bonchev–Trinajstić information content (AvgIpc) is 3.05. The van der Waals surface area contributed by atoms with E-state index in [1.165, 1.54) is 40.6 Å². The van der Waals surface area contributed by atoms with Crippen molar-refractivity contribution in [3.63, 3.8) is 0 Å². The van der Waals surface area contributed by atoms with Crippen molar-refractivity contribution in [3.05, 3.63) is 38.6 Å². The molecule has 0 spiro atoms. The van der Waals surface area contributed by atoms with Crippen molar-refractivity contribution in [2.45, 2.75) is 38.1 Å². The van der Waals surface area contributed by atoms with E-state index in [0.29, 0.717) is 6.04 Å². The maximum atomic E-state index is 4.24. The standard InChI is InChI=1S/C14H17IN2S/c15-12-6-9-18-14(12)13(17-8-7-16-10-17)11-4-2-1-3-5-11/h6-11,13H,1-5H2. The van der Waals surface area contributed by atoms with E-state index in [1.54, 1.807) is 0 Å². The molecule has 0 amide bonds. The Balaban J connectivity index is 1.96. The van der Waals surface area contributed by atoms with Gasteiger partial charge in [0.1, 0.15) is 0 Å². The van der Waals surface area contributed by atoms with Gasteiger partial charge in [-0.1, -0.05) is 19.3 Å². The molecule has 0 saturated heterocycles. The van der Waals surface area contributed by atoms with Gasteiger partial charge in [0.05, 0.1) is 12.4 Å². The second-order valence-corrected chi connectivity index (χ2v) is 7.10.